The maximum absolute atomic E-state index is 4.46. The maximum Gasteiger partial charge on any atom is 0.158 e. The first-order valence-corrected chi connectivity index (χ1v) is 8.78. The number of fused-ring (bicyclic) bond motifs is 3. The third-order valence-electron chi connectivity index (χ3n) is 4.61. The molecule has 5 heteroatoms. The van der Waals surface area contributed by atoms with Gasteiger partial charge in [0.25, 0.3) is 0 Å². The van der Waals surface area contributed by atoms with Crippen LogP contribution >= 0.6 is 11.3 Å². The van der Waals surface area contributed by atoms with E-state index in [0.717, 1.165) is 17.1 Å². The van der Waals surface area contributed by atoms with Crippen LogP contribution in [-0.4, -0.2) is 16.2 Å². The van der Waals surface area contributed by atoms with Gasteiger partial charge in [-0.1, -0.05) is 19.3 Å². The molecule has 2 aliphatic carbocycles. The van der Waals surface area contributed by atoms with Crippen LogP contribution in [-0.2, 0) is 12.8 Å². The van der Waals surface area contributed by atoms with E-state index in [1.54, 1.807) is 6.33 Å². The summed E-state index contributed by atoms with van der Waals surface area (Å²) in [6.45, 7) is 0. The summed E-state index contributed by atoms with van der Waals surface area (Å²) in [5.41, 5.74) is 4.63. The Morgan fingerprint density at radius 2 is 2.05 bits per heavy atom. The Hall–Kier alpha value is -1.49. The van der Waals surface area contributed by atoms with Gasteiger partial charge >= 0.3 is 0 Å². The van der Waals surface area contributed by atoms with Crippen molar-refractivity contribution in [1.82, 2.24) is 9.97 Å². The van der Waals surface area contributed by atoms with Gasteiger partial charge in [-0.25, -0.2) is 9.97 Å². The molecule has 110 valence electrons. The van der Waals surface area contributed by atoms with Crippen LogP contribution in [0, 0.1) is 5.92 Å². The predicted molar refractivity (Wildman–Crippen MR) is 88.1 cm³/mol. The lowest BCUT2D eigenvalue weighted by molar-refractivity contribution is 0.445. The summed E-state index contributed by atoms with van der Waals surface area (Å²) in [5.74, 6) is 1.52. The predicted octanol–water partition coefficient (Wildman–Crippen LogP) is 4.16. The Morgan fingerprint density at radius 1 is 1.14 bits per heavy atom. The number of hydrazone groups is 1. The van der Waals surface area contributed by atoms with Gasteiger partial charge in [0.2, 0.25) is 0 Å². The molecule has 2 aromatic rings. The summed E-state index contributed by atoms with van der Waals surface area (Å²) in [6, 6.07) is 0. The molecule has 2 heterocycles. The molecule has 2 aromatic heterocycles. The molecule has 0 aliphatic heterocycles. The average Bonchev–Trinajstić information content (AvgIpc) is 3.09. The second kappa shape index (κ2) is 5.72. The van der Waals surface area contributed by atoms with Crippen LogP contribution < -0.4 is 5.43 Å². The Kier molecular flexibility index (Phi) is 3.59. The van der Waals surface area contributed by atoms with Crippen LogP contribution in [0.25, 0.3) is 10.2 Å². The lowest BCUT2D eigenvalue weighted by Gasteiger charge is -2.16. The van der Waals surface area contributed by atoms with Crippen LogP contribution in [0.5, 0.6) is 0 Å². The molecule has 0 radical (unpaired) electrons. The summed E-state index contributed by atoms with van der Waals surface area (Å²) in [6.07, 6.45) is 14.0. The smallest absolute Gasteiger partial charge is 0.158 e. The fraction of sp³-hybridized carbons (Fsp3) is 0.562. The van der Waals surface area contributed by atoms with Gasteiger partial charge in [0, 0.05) is 11.1 Å². The molecule has 1 N–H and O–H groups in total. The van der Waals surface area contributed by atoms with Crippen molar-refractivity contribution < 1.29 is 0 Å². The van der Waals surface area contributed by atoms with Crippen molar-refractivity contribution in [2.75, 3.05) is 5.43 Å². The number of nitrogens with one attached hydrogen (secondary N) is 1. The van der Waals surface area contributed by atoms with E-state index in [9.17, 15) is 0 Å². The standard InChI is InChI=1S/C16H20N4S/c1-2-5-11(6-3-1)9-19-20-15-14-12-7-4-8-13(12)21-16(14)18-10-17-15/h9-11H,1-8H2,(H,17,18,20)/b19-9-. The number of thiophene rings is 1. The summed E-state index contributed by atoms with van der Waals surface area (Å²) in [7, 11) is 0. The van der Waals surface area contributed by atoms with Crippen LogP contribution in [0.4, 0.5) is 5.82 Å². The molecule has 0 spiro atoms. The van der Waals surface area contributed by atoms with Crippen LogP contribution in [0.2, 0.25) is 0 Å². The molecule has 0 aromatic carbocycles. The maximum atomic E-state index is 4.46. The van der Waals surface area contributed by atoms with Gasteiger partial charge in [-0.15, -0.1) is 11.3 Å². The van der Waals surface area contributed by atoms with E-state index >= 15 is 0 Å². The number of aromatic nitrogens is 2. The van der Waals surface area contributed by atoms with E-state index in [4.69, 9.17) is 0 Å². The SMILES string of the molecule is C(=N/Nc1ncnc2sc3c(c12)CCC3)/C1CCCCC1. The van der Waals surface area contributed by atoms with E-state index < -0.39 is 0 Å². The number of anilines is 1. The van der Waals surface area contributed by atoms with E-state index in [1.807, 2.05) is 11.3 Å². The van der Waals surface area contributed by atoms with Gasteiger partial charge in [0.15, 0.2) is 5.82 Å². The largest absolute Gasteiger partial charge is 0.261 e. The number of rotatable bonds is 3. The monoisotopic (exact) mass is 300 g/mol. The quantitative estimate of drug-likeness (QED) is 0.684. The minimum absolute atomic E-state index is 0.636. The van der Waals surface area contributed by atoms with E-state index in [0.29, 0.717) is 5.92 Å². The number of hydrogen-bond acceptors (Lipinski definition) is 5. The molecule has 0 atom stereocenters. The van der Waals surface area contributed by atoms with Crippen molar-refractivity contribution in [2.45, 2.75) is 51.4 Å². The summed E-state index contributed by atoms with van der Waals surface area (Å²) < 4.78 is 0. The number of hydrogen-bond donors (Lipinski definition) is 1. The number of aryl methyl sites for hydroxylation is 2. The van der Waals surface area contributed by atoms with E-state index in [-0.39, 0.29) is 0 Å². The molecule has 1 fully saturated rings. The third-order valence-corrected chi connectivity index (χ3v) is 5.81. The lowest BCUT2D eigenvalue weighted by atomic mass is 9.90. The van der Waals surface area contributed by atoms with Gasteiger partial charge in [0.05, 0.1) is 5.39 Å². The Morgan fingerprint density at radius 3 is 2.95 bits per heavy atom. The molecule has 0 amide bonds. The second-order valence-electron chi connectivity index (χ2n) is 6.05. The van der Waals surface area contributed by atoms with Crippen molar-refractivity contribution >= 4 is 33.6 Å². The third kappa shape index (κ3) is 2.55. The topological polar surface area (TPSA) is 50.2 Å². The first-order valence-electron chi connectivity index (χ1n) is 7.96. The number of nitrogens with zero attached hydrogens (tertiary/aromatic N) is 3. The van der Waals surface area contributed by atoms with Crippen LogP contribution in [0.1, 0.15) is 49.0 Å². The van der Waals surface area contributed by atoms with Crippen molar-refractivity contribution in [3.63, 3.8) is 0 Å². The summed E-state index contributed by atoms with van der Waals surface area (Å²) in [5, 5.41) is 5.66. The molecular formula is C16H20N4S. The molecule has 4 nitrogen and oxygen atoms in total. The molecule has 1 saturated carbocycles. The normalized spacial score (nSPS) is 19.4. The molecular weight excluding hydrogens is 280 g/mol. The molecule has 4 rings (SSSR count). The van der Waals surface area contributed by atoms with Crippen molar-refractivity contribution in [3.8, 4) is 0 Å². The van der Waals surface area contributed by atoms with Gasteiger partial charge < -0.3 is 0 Å². The summed E-state index contributed by atoms with van der Waals surface area (Å²) >= 11 is 1.82. The molecule has 2 aliphatic rings. The van der Waals surface area contributed by atoms with Crippen molar-refractivity contribution in [1.29, 1.82) is 0 Å². The Labute approximate surface area is 128 Å². The van der Waals surface area contributed by atoms with Gasteiger partial charge in [-0.05, 0) is 43.6 Å². The van der Waals surface area contributed by atoms with Gasteiger partial charge in [0.1, 0.15) is 11.2 Å². The lowest BCUT2D eigenvalue weighted by Crippen LogP contribution is -2.08. The highest BCUT2D eigenvalue weighted by Gasteiger charge is 2.21. The highest BCUT2D eigenvalue weighted by atomic mass is 32.1. The minimum Gasteiger partial charge on any atom is -0.261 e. The zero-order valence-corrected chi connectivity index (χ0v) is 13.0. The molecule has 0 saturated heterocycles. The Bertz CT molecular complexity index is 670. The summed E-state index contributed by atoms with van der Waals surface area (Å²) in [4.78, 5) is 11.4. The van der Waals surface area contributed by atoms with E-state index in [2.05, 4.69) is 26.7 Å². The molecule has 0 unspecified atom stereocenters. The van der Waals surface area contributed by atoms with Gasteiger partial charge in [-0.2, -0.15) is 5.10 Å². The average molecular weight is 300 g/mol. The highest BCUT2D eigenvalue weighted by molar-refractivity contribution is 7.19. The zero-order valence-electron chi connectivity index (χ0n) is 12.1. The fourth-order valence-electron chi connectivity index (χ4n) is 3.50. The van der Waals surface area contributed by atoms with Gasteiger partial charge in [-0.3, -0.25) is 5.43 Å². The highest BCUT2D eigenvalue weighted by Crippen LogP contribution is 2.38. The minimum atomic E-state index is 0.636. The van der Waals surface area contributed by atoms with E-state index in [1.165, 1.54) is 60.8 Å². The van der Waals surface area contributed by atoms with Crippen molar-refractivity contribution in [3.05, 3.63) is 16.8 Å². The molecule has 0 bridgehead atoms. The van der Waals surface area contributed by atoms with Crippen LogP contribution in [0.3, 0.4) is 0 Å². The van der Waals surface area contributed by atoms with Crippen molar-refractivity contribution in [2.24, 2.45) is 11.0 Å². The first kappa shape index (κ1) is 13.2. The van der Waals surface area contributed by atoms with Crippen LogP contribution in [0.15, 0.2) is 11.4 Å². The Balaban J connectivity index is 1.57. The fourth-order valence-corrected chi connectivity index (χ4v) is 4.73. The molecule has 21 heavy (non-hydrogen) atoms. The zero-order chi connectivity index (χ0) is 14.1. The first-order chi connectivity index (χ1) is 10.4. The second-order valence-corrected chi connectivity index (χ2v) is 7.13.